The van der Waals surface area contributed by atoms with Crippen molar-refractivity contribution in [2.75, 3.05) is 11.1 Å². The summed E-state index contributed by atoms with van der Waals surface area (Å²) in [6, 6.07) is 8.09. The van der Waals surface area contributed by atoms with E-state index in [0.29, 0.717) is 16.8 Å². The summed E-state index contributed by atoms with van der Waals surface area (Å²) in [5.41, 5.74) is 3.66. The van der Waals surface area contributed by atoms with Crippen molar-refractivity contribution in [3.63, 3.8) is 0 Å². The van der Waals surface area contributed by atoms with Gasteiger partial charge in [0, 0.05) is 24.0 Å². The number of nitrogens with one attached hydrogen (secondary N) is 1. The van der Waals surface area contributed by atoms with Gasteiger partial charge in [0.1, 0.15) is 0 Å². The molecule has 0 atom stereocenters. The van der Waals surface area contributed by atoms with Gasteiger partial charge in [-0.05, 0) is 56.0 Å². The molecule has 6 nitrogen and oxygen atoms in total. The first kappa shape index (κ1) is 19.0. The number of carbonyl (C=O) groups is 1. The van der Waals surface area contributed by atoms with Gasteiger partial charge in [-0.15, -0.1) is 10.2 Å². The van der Waals surface area contributed by atoms with E-state index in [-0.39, 0.29) is 11.7 Å². The summed E-state index contributed by atoms with van der Waals surface area (Å²) >= 11 is 7.68. The van der Waals surface area contributed by atoms with Crippen LogP contribution in [-0.2, 0) is 4.79 Å². The molecule has 0 unspecified atom stereocenters. The third-order valence-corrected chi connectivity index (χ3v) is 5.78. The SMILES string of the molecule is Cc1cc(C)c(NC(=O)CSc2nnc(-c3ccncc3)n2C2CC2)c(Cl)c1. The zero-order chi connectivity index (χ0) is 19.7. The zero-order valence-electron chi connectivity index (χ0n) is 15.6. The van der Waals surface area contributed by atoms with Crippen LogP contribution in [0.5, 0.6) is 0 Å². The lowest BCUT2D eigenvalue weighted by molar-refractivity contribution is -0.113. The smallest absolute Gasteiger partial charge is 0.234 e. The number of amides is 1. The van der Waals surface area contributed by atoms with Crippen molar-refractivity contribution in [1.82, 2.24) is 19.7 Å². The molecule has 1 saturated carbocycles. The van der Waals surface area contributed by atoms with Gasteiger partial charge in [0.05, 0.1) is 16.5 Å². The van der Waals surface area contributed by atoms with Crippen LogP contribution in [0.1, 0.15) is 30.0 Å². The van der Waals surface area contributed by atoms with E-state index in [1.165, 1.54) is 11.8 Å². The molecule has 144 valence electrons. The average molecular weight is 414 g/mol. The van der Waals surface area contributed by atoms with E-state index < -0.39 is 0 Å². The van der Waals surface area contributed by atoms with E-state index in [2.05, 4.69) is 25.1 Å². The Kier molecular flexibility index (Phi) is 5.37. The normalized spacial score (nSPS) is 13.5. The molecule has 2 aromatic heterocycles. The molecule has 8 heteroatoms. The molecule has 2 heterocycles. The van der Waals surface area contributed by atoms with Crippen molar-refractivity contribution in [3.8, 4) is 11.4 Å². The highest BCUT2D eigenvalue weighted by molar-refractivity contribution is 7.99. The Bertz CT molecular complexity index is 994. The highest BCUT2D eigenvalue weighted by atomic mass is 35.5. The first-order valence-electron chi connectivity index (χ1n) is 9.07. The zero-order valence-corrected chi connectivity index (χ0v) is 17.2. The summed E-state index contributed by atoms with van der Waals surface area (Å²) < 4.78 is 2.14. The van der Waals surface area contributed by atoms with E-state index in [9.17, 15) is 4.79 Å². The van der Waals surface area contributed by atoms with Crippen LogP contribution in [0.15, 0.2) is 41.8 Å². The second-order valence-corrected chi connectivity index (χ2v) is 8.27. The largest absolute Gasteiger partial charge is 0.324 e. The van der Waals surface area contributed by atoms with E-state index in [4.69, 9.17) is 11.6 Å². The Labute approximate surface area is 172 Å². The van der Waals surface area contributed by atoms with Crippen molar-refractivity contribution in [2.45, 2.75) is 37.9 Å². The number of nitrogens with zero attached hydrogens (tertiary/aromatic N) is 4. The van der Waals surface area contributed by atoms with Crippen LogP contribution in [0.3, 0.4) is 0 Å². The van der Waals surface area contributed by atoms with Gasteiger partial charge in [-0.3, -0.25) is 14.3 Å². The summed E-state index contributed by atoms with van der Waals surface area (Å²) in [5.74, 6) is 0.949. The number of rotatable bonds is 6. The van der Waals surface area contributed by atoms with Gasteiger partial charge in [-0.25, -0.2) is 0 Å². The number of thioether (sulfide) groups is 1. The van der Waals surface area contributed by atoms with E-state index in [1.807, 2.05) is 38.1 Å². The number of aromatic nitrogens is 4. The molecule has 0 bridgehead atoms. The molecule has 0 radical (unpaired) electrons. The Morgan fingerprint density at radius 1 is 1.25 bits per heavy atom. The number of benzene rings is 1. The molecule has 1 aromatic carbocycles. The minimum atomic E-state index is -0.116. The average Bonchev–Trinajstić information content (AvgIpc) is 3.42. The maximum atomic E-state index is 12.5. The van der Waals surface area contributed by atoms with Crippen molar-refractivity contribution in [1.29, 1.82) is 0 Å². The van der Waals surface area contributed by atoms with Crippen LogP contribution in [0.2, 0.25) is 5.02 Å². The molecule has 0 spiro atoms. The Balaban J connectivity index is 1.48. The van der Waals surface area contributed by atoms with Crippen LogP contribution >= 0.6 is 23.4 Å². The van der Waals surface area contributed by atoms with Crippen LogP contribution in [-0.4, -0.2) is 31.4 Å². The lowest BCUT2D eigenvalue weighted by Crippen LogP contribution is -2.16. The minimum absolute atomic E-state index is 0.116. The summed E-state index contributed by atoms with van der Waals surface area (Å²) in [5, 5.41) is 12.9. The lowest BCUT2D eigenvalue weighted by Gasteiger charge is -2.12. The fraction of sp³-hybridized carbons (Fsp3) is 0.300. The van der Waals surface area contributed by atoms with Gasteiger partial charge in [-0.1, -0.05) is 29.4 Å². The van der Waals surface area contributed by atoms with E-state index in [0.717, 1.165) is 40.5 Å². The molecule has 1 N–H and O–H groups in total. The summed E-state index contributed by atoms with van der Waals surface area (Å²) in [6.07, 6.45) is 5.70. The maximum Gasteiger partial charge on any atom is 0.234 e. The number of anilines is 1. The standard InChI is InChI=1S/C20H20ClN5OS/c1-12-9-13(2)18(16(21)10-12)23-17(27)11-28-20-25-24-19(26(20)15-3-4-15)14-5-7-22-8-6-14/h5-10,15H,3-4,11H2,1-2H3,(H,23,27). The number of halogens is 1. The fourth-order valence-electron chi connectivity index (χ4n) is 3.11. The monoisotopic (exact) mass is 413 g/mol. The van der Waals surface area contributed by atoms with Crippen LogP contribution in [0, 0.1) is 13.8 Å². The first-order valence-corrected chi connectivity index (χ1v) is 10.4. The van der Waals surface area contributed by atoms with Gasteiger partial charge in [0.15, 0.2) is 11.0 Å². The molecule has 0 aliphatic heterocycles. The number of hydrogen-bond donors (Lipinski definition) is 1. The Hall–Kier alpha value is -2.38. The Morgan fingerprint density at radius 2 is 2.00 bits per heavy atom. The topological polar surface area (TPSA) is 72.7 Å². The van der Waals surface area contributed by atoms with Gasteiger partial charge in [0.2, 0.25) is 5.91 Å². The van der Waals surface area contributed by atoms with Crippen LogP contribution in [0.25, 0.3) is 11.4 Å². The molecule has 28 heavy (non-hydrogen) atoms. The highest BCUT2D eigenvalue weighted by Crippen LogP contribution is 2.41. The Morgan fingerprint density at radius 3 is 2.68 bits per heavy atom. The van der Waals surface area contributed by atoms with Gasteiger partial charge >= 0.3 is 0 Å². The summed E-state index contributed by atoms with van der Waals surface area (Å²) in [4.78, 5) is 16.6. The van der Waals surface area contributed by atoms with Crippen LogP contribution in [0.4, 0.5) is 5.69 Å². The van der Waals surface area contributed by atoms with Crippen molar-refractivity contribution in [3.05, 3.63) is 52.8 Å². The molecule has 1 aliphatic carbocycles. The molecule has 0 saturated heterocycles. The maximum absolute atomic E-state index is 12.5. The van der Waals surface area contributed by atoms with E-state index in [1.54, 1.807) is 12.4 Å². The number of pyridine rings is 1. The number of hydrogen-bond acceptors (Lipinski definition) is 5. The molecular weight excluding hydrogens is 394 g/mol. The third-order valence-electron chi connectivity index (χ3n) is 4.54. The van der Waals surface area contributed by atoms with Crippen molar-refractivity contribution in [2.24, 2.45) is 0 Å². The second-order valence-electron chi connectivity index (χ2n) is 6.92. The van der Waals surface area contributed by atoms with Gasteiger partial charge in [-0.2, -0.15) is 0 Å². The third kappa shape index (κ3) is 4.05. The predicted octanol–water partition coefficient (Wildman–Crippen LogP) is 4.68. The summed E-state index contributed by atoms with van der Waals surface area (Å²) in [6.45, 7) is 3.91. The van der Waals surface area contributed by atoms with Crippen molar-refractivity contribution < 1.29 is 4.79 Å². The lowest BCUT2D eigenvalue weighted by atomic mass is 10.1. The first-order chi connectivity index (χ1) is 13.5. The van der Waals surface area contributed by atoms with Gasteiger partial charge in [0.25, 0.3) is 0 Å². The molecule has 1 aliphatic rings. The van der Waals surface area contributed by atoms with Crippen molar-refractivity contribution >= 4 is 35.0 Å². The number of carbonyl (C=O) groups excluding carboxylic acids is 1. The highest BCUT2D eigenvalue weighted by Gasteiger charge is 2.30. The molecule has 4 rings (SSSR count). The minimum Gasteiger partial charge on any atom is -0.324 e. The molecular formula is C20H20ClN5OS. The fourth-order valence-corrected chi connectivity index (χ4v) is 4.29. The number of aryl methyl sites for hydroxylation is 2. The predicted molar refractivity (Wildman–Crippen MR) is 112 cm³/mol. The van der Waals surface area contributed by atoms with Crippen LogP contribution < -0.4 is 5.32 Å². The second kappa shape index (κ2) is 7.93. The van der Waals surface area contributed by atoms with E-state index >= 15 is 0 Å². The summed E-state index contributed by atoms with van der Waals surface area (Å²) in [7, 11) is 0. The molecule has 3 aromatic rings. The molecule has 1 fully saturated rings. The van der Waals surface area contributed by atoms with Gasteiger partial charge < -0.3 is 5.32 Å². The quantitative estimate of drug-likeness (QED) is 0.594. The molecule has 1 amide bonds.